The van der Waals surface area contributed by atoms with Crippen LogP contribution in [-0.4, -0.2) is 62.4 Å². The van der Waals surface area contributed by atoms with Crippen LogP contribution in [0.25, 0.3) is 0 Å². The number of benzene rings is 5. The number of carbonyl (C=O) groups is 2. The van der Waals surface area contributed by atoms with Crippen molar-refractivity contribution in [2.45, 2.75) is 136 Å². The molecule has 2 amide bonds. The van der Waals surface area contributed by atoms with Crippen molar-refractivity contribution in [3.63, 3.8) is 0 Å². The molecule has 1 aliphatic carbocycles. The van der Waals surface area contributed by atoms with E-state index in [2.05, 4.69) is 169 Å². The first-order valence-electron chi connectivity index (χ1n) is 28.8. The summed E-state index contributed by atoms with van der Waals surface area (Å²) in [5.41, 5.74) is 14.5. The lowest BCUT2D eigenvalue weighted by molar-refractivity contribution is -0.437. The maximum Gasteiger partial charge on any atom is 0.251 e. The van der Waals surface area contributed by atoms with Crippen molar-refractivity contribution in [2.24, 2.45) is 10.2 Å². The first-order chi connectivity index (χ1) is 37.8. The van der Waals surface area contributed by atoms with Crippen LogP contribution in [0.15, 0.2) is 178 Å². The Balaban J connectivity index is 0.811. The third-order valence-electron chi connectivity index (χ3n) is 15.6. The molecule has 0 fully saturated rings. The van der Waals surface area contributed by atoms with E-state index in [1.807, 2.05) is 55.4 Å². The normalized spacial score (nSPS) is 16.6. The second kappa shape index (κ2) is 26.8. The van der Waals surface area contributed by atoms with Crippen molar-refractivity contribution < 1.29 is 18.9 Å². The highest BCUT2D eigenvalue weighted by Crippen LogP contribution is 2.48. The minimum absolute atomic E-state index is 0.0796. The van der Waals surface area contributed by atoms with Crippen molar-refractivity contribution >= 4 is 46.0 Å². The van der Waals surface area contributed by atoms with E-state index in [4.69, 9.17) is 4.74 Å². The number of amides is 2. The summed E-state index contributed by atoms with van der Waals surface area (Å²) in [7, 11) is 4.00. The van der Waals surface area contributed by atoms with Gasteiger partial charge in [0.05, 0.1) is 16.8 Å². The van der Waals surface area contributed by atoms with Gasteiger partial charge in [0.25, 0.3) is 5.91 Å². The van der Waals surface area contributed by atoms with Gasteiger partial charge in [0, 0.05) is 92.3 Å². The Bertz CT molecular complexity index is 3050. The van der Waals surface area contributed by atoms with E-state index in [0.717, 1.165) is 112 Å². The Labute approximate surface area is 465 Å². The Kier molecular flexibility index (Phi) is 19.6. The molecule has 408 valence electrons. The highest BCUT2D eigenvalue weighted by Gasteiger charge is 2.44. The number of rotatable bonds is 25. The molecule has 0 bridgehead atoms. The largest absolute Gasteiger partial charge is 0.457 e. The molecular formula is C68H84N7O3+. The molecule has 0 radical (unpaired) electrons. The highest BCUT2D eigenvalue weighted by molar-refractivity contribution is 6.03. The van der Waals surface area contributed by atoms with Crippen LogP contribution in [0.3, 0.4) is 0 Å². The zero-order chi connectivity index (χ0) is 55.1. The van der Waals surface area contributed by atoms with Gasteiger partial charge in [0.1, 0.15) is 18.1 Å². The molecule has 5 aromatic rings. The summed E-state index contributed by atoms with van der Waals surface area (Å²) in [6, 6.07) is 41.1. The van der Waals surface area contributed by atoms with Gasteiger partial charge in [-0.15, -0.1) is 0 Å². The number of unbranched alkanes of at least 4 members (excludes halogenated alkanes) is 5. The number of nitrogens with zero attached hydrogens (tertiary/aromatic N) is 5. The molecule has 3 aliphatic rings. The van der Waals surface area contributed by atoms with E-state index in [1.165, 1.54) is 45.1 Å². The molecule has 0 spiro atoms. The van der Waals surface area contributed by atoms with Crippen LogP contribution < -0.4 is 25.2 Å². The third-order valence-corrected chi connectivity index (χ3v) is 15.6. The molecule has 2 N–H and O–H groups in total. The first kappa shape index (κ1) is 56.9. The van der Waals surface area contributed by atoms with Crippen molar-refractivity contribution in [2.75, 3.05) is 50.1 Å². The van der Waals surface area contributed by atoms with Crippen LogP contribution in [-0.2, 0) is 22.0 Å². The second-order valence-corrected chi connectivity index (χ2v) is 22.4. The summed E-state index contributed by atoms with van der Waals surface area (Å²) < 4.78 is 9.54. The number of carbonyl (C=O) groups excluding carboxylic acids is 2. The summed E-state index contributed by atoms with van der Waals surface area (Å²) in [5.74, 6) is 1.75. The molecule has 10 nitrogen and oxygen atoms in total. The summed E-state index contributed by atoms with van der Waals surface area (Å²) >= 11 is 0. The minimum atomic E-state index is -0.127. The van der Waals surface area contributed by atoms with Crippen LogP contribution in [0.2, 0.25) is 0 Å². The molecule has 0 saturated carbocycles. The van der Waals surface area contributed by atoms with Crippen LogP contribution >= 0.6 is 0 Å². The maximum atomic E-state index is 12.9. The lowest BCUT2D eigenvalue weighted by Crippen LogP contribution is -2.28. The van der Waals surface area contributed by atoms with Gasteiger partial charge in [0.15, 0.2) is 5.71 Å². The average Bonchev–Trinajstić information content (AvgIpc) is 3.80. The summed E-state index contributed by atoms with van der Waals surface area (Å²) in [4.78, 5) is 30.2. The van der Waals surface area contributed by atoms with Gasteiger partial charge in [-0.2, -0.15) is 14.8 Å². The molecule has 0 unspecified atom stereocenters. The number of hydrogen-bond acceptors (Lipinski definition) is 7. The third kappa shape index (κ3) is 14.0. The van der Waals surface area contributed by atoms with Crippen LogP contribution in [0.1, 0.15) is 146 Å². The summed E-state index contributed by atoms with van der Waals surface area (Å²) in [6.45, 7) is 17.2. The van der Waals surface area contributed by atoms with Gasteiger partial charge < -0.3 is 25.2 Å². The number of nitrogens with one attached hydrogen (secondary N) is 2. The summed E-state index contributed by atoms with van der Waals surface area (Å²) in [6.07, 6.45) is 21.8. The number of anilines is 2. The number of aryl methyl sites for hydroxylation is 1. The molecule has 2 aliphatic heterocycles. The smallest absolute Gasteiger partial charge is 0.251 e. The van der Waals surface area contributed by atoms with E-state index < -0.39 is 0 Å². The van der Waals surface area contributed by atoms with Crippen molar-refractivity contribution in [3.05, 3.63) is 190 Å². The molecular weight excluding hydrogens is 963 g/mol. The highest BCUT2D eigenvalue weighted by atomic mass is 16.5. The van der Waals surface area contributed by atoms with Crippen molar-refractivity contribution in [3.8, 4) is 5.75 Å². The lowest BCUT2D eigenvalue weighted by atomic mass is 9.81. The van der Waals surface area contributed by atoms with E-state index in [0.29, 0.717) is 37.2 Å². The topological polar surface area (TPSA) is 102 Å². The number of hydrogen-bond donors (Lipinski definition) is 2. The average molecular weight is 1050 g/mol. The number of ether oxygens (including phenoxy) is 1. The molecule has 0 saturated heterocycles. The Morgan fingerprint density at radius 1 is 0.692 bits per heavy atom. The van der Waals surface area contributed by atoms with E-state index in [1.54, 1.807) is 12.1 Å². The molecule has 5 aromatic carbocycles. The van der Waals surface area contributed by atoms with E-state index in [-0.39, 0.29) is 22.6 Å². The number of azo groups is 1. The molecule has 2 heterocycles. The lowest BCUT2D eigenvalue weighted by Gasteiger charge is -2.27. The van der Waals surface area contributed by atoms with Crippen LogP contribution in [0.5, 0.6) is 5.75 Å². The SMILES string of the molecule is CCCN1C(=CC=C2CCCC(C=CC3=[N+](CCC)c4ccccc4C3(C)C)=C2Oc2ccc(CCC(=O)NCCCCCCCCNC(=O)c3ccc(N=Nc4ccc(N(C)C)cc4)cc3)cc2)C(C)(C)c2ccccc21. The molecule has 10 heteroatoms. The van der Waals surface area contributed by atoms with Crippen molar-refractivity contribution in [1.29, 1.82) is 0 Å². The minimum Gasteiger partial charge on any atom is -0.457 e. The van der Waals surface area contributed by atoms with Gasteiger partial charge in [-0.1, -0.05) is 108 Å². The molecule has 78 heavy (non-hydrogen) atoms. The fourth-order valence-corrected chi connectivity index (χ4v) is 11.2. The van der Waals surface area contributed by atoms with Gasteiger partial charge in [-0.25, -0.2) is 0 Å². The van der Waals surface area contributed by atoms with Crippen LogP contribution in [0, 0.1) is 0 Å². The zero-order valence-corrected chi connectivity index (χ0v) is 47.8. The first-order valence-corrected chi connectivity index (χ1v) is 28.8. The number of allylic oxidation sites excluding steroid dienone is 7. The van der Waals surface area contributed by atoms with Gasteiger partial charge >= 0.3 is 0 Å². The van der Waals surface area contributed by atoms with Crippen molar-refractivity contribution in [1.82, 2.24) is 10.6 Å². The Morgan fingerprint density at radius 2 is 1.33 bits per heavy atom. The predicted molar refractivity (Wildman–Crippen MR) is 323 cm³/mol. The number of fused-ring (bicyclic) bond motifs is 2. The van der Waals surface area contributed by atoms with Gasteiger partial charge in [-0.3, -0.25) is 9.59 Å². The zero-order valence-electron chi connectivity index (χ0n) is 47.8. The van der Waals surface area contributed by atoms with E-state index in [9.17, 15) is 9.59 Å². The van der Waals surface area contributed by atoms with E-state index >= 15 is 0 Å². The predicted octanol–water partition coefficient (Wildman–Crippen LogP) is 15.9. The fraction of sp³-hybridized carbons (Fsp3) is 0.397. The maximum absolute atomic E-state index is 12.9. The Morgan fingerprint density at radius 3 is 2.01 bits per heavy atom. The number of para-hydroxylation sites is 2. The fourth-order valence-electron chi connectivity index (χ4n) is 11.2. The molecule has 0 atom stereocenters. The van der Waals surface area contributed by atoms with Crippen LogP contribution in [0.4, 0.5) is 28.4 Å². The second-order valence-electron chi connectivity index (χ2n) is 22.4. The molecule has 8 rings (SSSR count). The Hall–Kier alpha value is -7.33. The standard InChI is InChI=1S/C68H83N7O3/c1-9-48-74-60-26-17-15-24-58(60)67(3,4)62(74)43-33-51-22-21-23-52(34-44-63-68(5,6)59-25-16-18-27-61(59)75(63)49-10-2)65(51)78-57-41-28-50(29-42-57)30-45-64(76)69-46-19-13-11-12-14-20-47-70-66(77)53-31-35-54(36-32-53)71-72-55-37-39-56(40-38-55)73(7)8/h15-18,24-29,31-44H,9-14,19-23,30,45-49H2,1-8H3,(H-,69,70,76,77)/p+1. The van der Waals surface area contributed by atoms with Gasteiger partial charge in [-0.05, 0) is 160 Å². The summed E-state index contributed by atoms with van der Waals surface area (Å²) in [5, 5.41) is 14.8. The quantitative estimate of drug-likeness (QED) is 0.0344. The monoisotopic (exact) mass is 1050 g/mol. The molecule has 0 aromatic heterocycles. The van der Waals surface area contributed by atoms with Gasteiger partial charge in [0.2, 0.25) is 11.6 Å².